The largest absolute Gasteiger partial charge is 0.356 e. The second-order valence-electron chi connectivity index (χ2n) is 6.26. The number of rotatable bonds is 8. The molecule has 0 amide bonds. The molecule has 0 heterocycles. The first-order valence-corrected chi connectivity index (χ1v) is 8.97. The third kappa shape index (κ3) is 10.2. The fraction of sp³-hybridized carbons (Fsp3) is 0.588. The van der Waals surface area contributed by atoms with Gasteiger partial charge in [-0.2, -0.15) is 0 Å². The fourth-order valence-electron chi connectivity index (χ4n) is 1.84. The lowest BCUT2D eigenvalue weighted by Crippen LogP contribution is -2.44. The van der Waals surface area contributed by atoms with Crippen LogP contribution in [0.2, 0.25) is 0 Å². The summed E-state index contributed by atoms with van der Waals surface area (Å²) in [5.41, 5.74) is 0.135. The van der Waals surface area contributed by atoms with E-state index in [9.17, 15) is 4.39 Å². The molecule has 0 aliphatic heterocycles. The van der Waals surface area contributed by atoms with Crippen LogP contribution in [0.1, 0.15) is 27.2 Å². The smallest absolute Gasteiger partial charge is 0.191 e. The van der Waals surface area contributed by atoms with Crippen LogP contribution in [0, 0.1) is 5.82 Å². The molecule has 0 saturated heterocycles. The maximum absolute atomic E-state index is 12.8. The topological polar surface area (TPSA) is 48.5 Å². The van der Waals surface area contributed by atoms with Gasteiger partial charge in [-0.05, 0) is 57.2 Å². The summed E-state index contributed by atoms with van der Waals surface area (Å²) >= 11 is 1.74. The molecule has 6 heteroatoms. The van der Waals surface area contributed by atoms with Crippen molar-refractivity contribution in [1.82, 2.24) is 16.0 Å². The van der Waals surface area contributed by atoms with Crippen molar-refractivity contribution in [2.24, 2.45) is 4.99 Å². The summed E-state index contributed by atoms with van der Waals surface area (Å²) in [6.45, 7) is 9.04. The van der Waals surface area contributed by atoms with E-state index in [1.165, 1.54) is 12.1 Å². The van der Waals surface area contributed by atoms with Gasteiger partial charge in [0.2, 0.25) is 0 Å². The number of aliphatic imine (C=N–C) groups is 1. The van der Waals surface area contributed by atoms with E-state index >= 15 is 0 Å². The summed E-state index contributed by atoms with van der Waals surface area (Å²) in [5.74, 6) is 1.63. The Morgan fingerprint density at radius 2 is 1.74 bits per heavy atom. The Morgan fingerprint density at radius 1 is 1.09 bits per heavy atom. The van der Waals surface area contributed by atoms with E-state index in [2.05, 4.69) is 41.7 Å². The van der Waals surface area contributed by atoms with Crippen molar-refractivity contribution < 1.29 is 4.39 Å². The van der Waals surface area contributed by atoms with Crippen LogP contribution in [0.25, 0.3) is 0 Å². The van der Waals surface area contributed by atoms with Crippen molar-refractivity contribution >= 4 is 17.7 Å². The van der Waals surface area contributed by atoms with E-state index in [0.717, 1.165) is 42.7 Å². The molecule has 23 heavy (non-hydrogen) atoms. The lowest BCUT2D eigenvalue weighted by molar-refractivity contribution is 0.428. The van der Waals surface area contributed by atoms with Crippen molar-refractivity contribution in [3.8, 4) is 0 Å². The molecule has 3 N–H and O–H groups in total. The minimum Gasteiger partial charge on any atom is -0.356 e. The van der Waals surface area contributed by atoms with Gasteiger partial charge in [-0.1, -0.05) is 0 Å². The Kier molecular flexibility index (Phi) is 9.02. The SMILES string of the molecule is CN=C(NCCCSc1ccc(F)cc1)NCCNC(C)(C)C. The van der Waals surface area contributed by atoms with Gasteiger partial charge < -0.3 is 16.0 Å². The Bertz CT molecular complexity index is 468. The fourth-order valence-corrected chi connectivity index (χ4v) is 2.69. The van der Waals surface area contributed by atoms with Gasteiger partial charge in [0.15, 0.2) is 5.96 Å². The molecule has 0 fully saturated rings. The Hall–Kier alpha value is -1.27. The Labute approximate surface area is 143 Å². The molecule has 0 aromatic heterocycles. The summed E-state index contributed by atoms with van der Waals surface area (Å²) in [7, 11) is 1.78. The second kappa shape index (κ2) is 10.5. The monoisotopic (exact) mass is 340 g/mol. The molecule has 1 aromatic carbocycles. The van der Waals surface area contributed by atoms with Gasteiger partial charge >= 0.3 is 0 Å². The third-order valence-electron chi connectivity index (χ3n) is 2.99. The molecule has 0 bridgehead atoms. The lowest BCUT2D eigenvalue weighted by Gasteiger charge is -2.21. The van der Waals surface area contributed by atoms with Gasteiger partial charge in [-0.3, -0.25) is 4.99 Å². The number of thioether (sulfide) groups is 1. The van der Waals surface area contributed by atoms with Gasteiger partial charge in [-0.15, -0.1) is 11.8 Å². The highest BCUT2D eigenvalue weighted by atomic mass is 32.2. The number of hydrogen-bond acceptors (Lipinski definition) is 3. The Morgan fingerprint density at radius 3 is 2.35 bits per heavy atom. The predicted molar refractivity (Wildman–Crippen MR) is 98.9 cm³/mol. The van der Waals surface area contributed by atoms with E-state index in [1.54, 1.807) is 18.8 Å². The van der Waals surface area contributed by atoms with Gasteiger partial charge in [0.05, 0.1) is 0 Å². The molecule has 4 nitrogen and oxygen atoms in total. The maximum atomic E-state index is 12.8. The first-order chi connectivity index (χ1) is 10.9. The van der Waals surface area contributed by atoms with Gasteiger partial charge in [0.25, 0.3) is 0 Å². The molecular formula is C17H29FN4S. The van der Waals surface area contributed by atoms with E-state index in [1.807, 2.05) is 12.1 Å². The molecule has 0 aliphatic rings. The van der Waals surface area contributed by atoms with E-state index in [4.69, 9.17) is 0 Å². The van der Waals surface area contributed by atoms with E-state index in [0.29, 0.717) is 0 Å². The zero-order valence-electron chi connectivity index (χ0n) is 14.6. The van der Waals surface area contributed by atoms with Crippen molar-refractivity contribution in [3.05, 3.63) is 30.1 Å². The molecule has 1 aromatic rings. The summed E-state index contributed by atoms with van der Waals surface area (Å²) < 4.78 is 12.8. The quantitative estimate of drug-likeness (QED) is 0.295. The number of benzene rings is 1. The molecule has 1 rings (SSSR count). The number of nitrogens with zero attached hydrogens (tertiary/aromatic N) is 1. The molecule has 0 saturated carbocycles. The van der Waals surface area contributed by atoms with Crippen LogP contribution in [0.5, 0.6) is 0 Å². The predicted octanol–water partition coefficient (Wildman–Crippen LogP) is 2.86. The van der Waals surface area contributed by atoms with E-state index < -0.39 is 0 Å². The van der Waals surface area contributed by atoms with Crippen LogP contribution < -0.4 is 16.0 Å². The average molecular weight is 341 g/mol. The minimum absolute atomic E-state index is 0.135. The van der Waals surface area contributed by atoms with Crippen LogP contribution in [0.4, 0.5) is 4.39 Å². The number of nitrogens with one attached hydrogen (secondary N) is 3. The first kappa shape index (κ1) is 19.8. The molecule has 130 valence electrons. The highest BCUT2D eigenvalue weighted by Gasteiger charge is 2.07. The number of guanidine groups is 1. The summed E-state index contributed by atoms with van der Waals surface area (Å²) in [6, 6.07) is 6.63. The van der Waals surface area contributed by atoms with Crippen LogP contribution in [0.3, 0.4) is 0 Å². The highest BCUT2D eigenvalue weighted by Crippen LogP contribution is 2.18. The van der Waals surface area contributed by atoms with Crippen molar-refractivity contribution in [3.63, 3.8) is 0 Å². The normalized spacial score (nSPS) is 12.3. The zero-order valence-corrected chi connectivity index (χ0v) is 15.4. The second-order valence-corrected chi connectivity index (χ2v) is 7.43. The number of halogens is 1. The maximum Gasteiger partial charge on any atom is 0.191 e. The first-order valence-electron chi connectivity index (χ1n) is 7.98. The average Bonchev–Trinajstić information content (AvgIpc) is 2.50. The lowest BCUT2D eigenvalue weighted by atomic mass is 10.1. The molecule has 0 spiro atoms. The highest BCUT2D eigenvalue weighted by molar-refractivity contribution is 7.99. The van der Waals surface area contributed by atoms with E-state index in [-0.39, 0.29) is 11.4 Å². The van der Waals surface area contributed by atoms with Crippen LogP contribution >= 0.6 is 11.8 Å². The Balaban J connectivity index is 2.09. The molecule has 0 radical (unpaired) electrons. The summed E-state index contributed by atoms with van der Waals surface area (Å²) in [5, 5.41) is 10.0. The van der Waals surface area contributed by atoms with Crippen molar-refractivity contribution in [2.45, 2.75) is 37.6 Å². The molecular weight excluding hydrogens is 311 g/mol. The summed E-state index contributed by atoms with van der Waals surface area (Å²) in [6.07, 6.45) is 1.02. The molecule has 0 unspecified atom stereocenters. The molecule has 0 atom stereocenters. The molecule has 0 aliphatic carbocycles. The van der Waals surface area contributed by atoms with Crippen LogP contribution in [-0.4, -0.2) is 43.9 Å². The van der Waals surface area contributed by atoms with Crippen molar-refractivity contribution in [2.75, 3.05) is 32.4 Å². The zero-order chi connectivity index (χ0) is 17.1. The van der Waals surface area contributed by atoms with Crippen LogP contribution in [-0.2, 0) is 0 Å². The minimum atomic E-state index is -0.188. The van der Waals surface area contributed by atoms with Crippen molar-refractivity contribution in [1.29, 1.82) is 0 Å². The standard InChI is InChI=1S/C17H29FN4S/c1-17(2,3)22-12-11-21-16(19-4)20-10-5-13-23-15-8-6-14(18)7-9-15/h6-9,22H,5,10-13H2,1-4H3,(H2,19,20,21). The van der Waals surface area contributed by atoms with Gasteiger partial charge in [0.1, 0.15) is 5.82 Å². The van der Waals surface area contributed by atoms with Gasteiger partial charge in [-0.25, -0.2) is 4.39 Å². The summed E-state index contributed by atoms with van der Waals surface area (Å²) in [4.78, 5) is 5.30. The van der Waals surface area contributed by atoms with Gasteiger partial charge in [0, 0.05) is 37.1 Å². The van der Waals surface area contributed by atoms with Crippen LogP contribution in [0.15, 0.2) is 34.2 Å². The number of hydrogen-bond donors (Lipinski definition) is 3. The third-order valence-corrected chi connectivity index (χ3v) is 4.09.